The Morgan fingerprint density at radius 1 is 1.14 bits per heavy atom. The van der Waals surface area contributed by atoms with Gasteiger partial charge in [0.1, 0.15) is 11.4 Å². The number of esters is 1. The molecule has 1 aromatic carbocycles. The minimum atomic E-state index is -0.487. The maximum atomic E-state index is 12.8. The molecule has 0 saturated carbocycles. The van der Waals surface area contributed by atoms with Crippen LogP contribution in [-0.2, 0) is 11.2 Å². The lowest BCUT2D eigenvalue weighted by Crippen LogP contribution is -2.35. The zero-order valence-electron chi connectivity index (χ0n) is 18.7. The van der Waals surface area contributed by atoms with Gasteiger partial charge in [-0.15, -0.1) is 0 Å². The van der Waals surface area contributed by atoms with Gasteiger partial charge in [-0.2, -0.15) is 0 Å². The summed E-state index contributed by atoms with van der Waals surface area (Å²) in [5.74, 6) is 1.49. The van der Waals surface area contributed by atoms with Crippen molar-refractivity contribution in [2.24, 2.45) is 5.92 Å². The zero-order valence-corrected chi connectivity index (χ0v) is 18.7. The molecule has 4 nitrogen and oxygen atoms in total. The van der Waals surface area contributed by atoms with Crippen LogP contribution in [0.2, 0.25) is 0 Å². The number of pyridine rings is 1. The summed E-state index contributed by atoms with van der Waals surface area (Å²) in [4.78, 5) is 19.7. The average Bonchev–Trinajstić information content (AvgIpc) is 2.65. The van der Waals surface area contributed by atoms with Crippen LogP contribution in [0.25, 0.3) is 0 Å². The Kier molecular flexibility index (Phi) is 6.30. The van der Waals surface area contributed by atoms with Crippen molar-refractivity contribution in [3.8, 4) is 0 Å². The van der Waals surface area contributed by atoms with Crippen molar-refractivity contribution in [3.05, 3.63) is 58.3 Å². The fourth-order valence-electron chi connectivity index (χ4n) is 4.38. The van der Waals surface area contributed by atoms with E-state index in [4.69, 9.17) is 4.74 Å². The largest absolute Gasteiger partial charge is 0.456 e. The predicted molar refractivity (Wildman–Crippen MR) is 119 cm³/mol. The molecule has 0 N–H and O–H groups in total. The standard InChI is InChI=1S/C25H34N2O2/c1-17-15-18(2)23(24(28)29-25(4,5)6)19(3)21(17)16-20-10-13-27(14-11-20)22-9-7-8-12-26-22/h7-9,12,15,20H,10-11,13-14,16H2,1-6H3. The zero-order chi connectivity index (χ0) is 21.2. The van der Waals surface area contributed by atoms with Crippen LogP contribution < -0.4 is 4.90 Å². The summed E-state index contributed by atoms with van der Waals surface area (Å²) in [6.45, 7) is 14.1. The van der Waals surface area contributed by atoms with Gasteiger partial charge in [0, 0.05) is 19.3 Å². The number of nitrogens with zero attached hydrogens (tertiary/aromatic N) is 2. The SMILES string of the molecule is Cc1cc(C)c(C(=O)OC(C)(C)C)c(C)c1CC1CCN(c2ccccn2)CC1. The van der Waals surface area contributed by atoms with E-state index in [0.29, 0.717) is 5.92 Å². The lowest BCUT2D eigenvalue weighted by Gasteiger charge is -2.33. The summed E-state index contributed by atoms with van der Waals surface area (Å²) in [7, 11) is 0. The molecule has 156 valence electrons. The predicted octanol–water partition coefficient (Wildman–Crippen LogP) is 5.42. The van der Waals surface area contributed by atoms with Gasteiger partial charge in [-0.05, 0) is 101 Å². The number of carbonyl (C=O) groups excluding carboxylic acids is 1. The Hall–Kier alpha value is -2.36. The van der Waals surface area contributed by atoms with E-state index in [1.807, 2.05) is 46.0 Å². The van der Waals surface area contributed by atoms with Crippen LogP contribution in [0.1, 0.15) is 66.2 Å². The van der Waals surface area contributed by atoms with Crippen LogP contribution in [0.4, 0.5) is 5.82 Å². The third kappa shape index (κ3) is 5.17. The third-order valence-corrected chi connectivity index (χ3v) is 5.81. The molecule has 29 heavy (non-hydrogen) atoms. The van der Waals surface area contributed by atoms with E-state index in [1.54, 1.807) is 0 Å². The Labute approximate surface area is 175 Å². The van der Waals surface area contributed by atoms with Gasteiger partial charge in [-0.3, -0.25) is 0 Å². The first kappa shape index (κ1) is 21.4. The van der Waals surface area contributed by atoms with Crippen molar-refractivity contribution in [2.75, 3.05) is 18.0 Å². The highest BCUT2D eigenvalue weighted by molar-refractivity contribution is 5.93. The first-order valence-corrected chi connectivity index (χ1v) is 10.6. The van der Waals surface area contributed by atoms with Gasteiger partial charge in [0.15, 0.2) is 0 Å². The molecule has 0 radical (unpaired) electrons. The van der Waals surface area contributed by atoms with E-state index in [0.717, 1.165) is 54.9 Å². The van der Waals surface area contributed by atoms with Gasteiger partial charge < -0.3 is 9.64 Å². The Morgan fingerprint density at radius 3 is 2.41 bits per heavy atom. The van der Waals surface area contributed by atoms with Crippen LogP contribution in [0.5, 0.6) is 0 Å². The Balaban J connectivity index is 1.74. The molecule has 0 unspecified atom stereocenters. The number of hydrogen-bond acceptors (Lipinski definition) is 4. The Morgan fingerprint density at radius 2 is 1.83 bits per heavy atom. The summed E-state index contributed by atoms with van der Waals surface area (Å²) in [5, 5.41) is 0. The highest BCUT2D eigenvalue weighted by Crippen LogP contribution is 2.30. The molecule has 0 amide bonds. The molecule has 1 aliphatic heterocycles. The maximum absolute atomic E-state index is 12.8. The molecule has 0 aliphatic carbocycles. The summed E-state index contributed by atoms with van der Waals surface area (Å²) in [6, 6.07) is 8.24. The molecule has 2 aromatic rings. The highest BCUT2D eigenvalue weighted by atomic mass is 16.6. The molecule has 2 heterocycles. The normalized spacial score (nSPS) is 15.4. The number of aryl methyl sites for hydroxylation is 2. The van der Waals surface area contributed by atoms with Crippen molar-refractivity contribution in [1.29, 1.82) is 0 Å². The van der Waals surface area contributed by atoms with Gasteiger partial charge in [0.25, 0.3) is 0 Å². The number of rotatable bonds is 4. The van der Waals surface area contributed by atoms with Gasteiger partial charge in [-0.1, -0.05) is 12.1 Å². The molecule has 0 atom stereocenters. The topological polar surface area (TPSA) is 42.4 Å². The van der Waals surface area contributed by atoms with E-state index in [1.165, 1.54) is 11.1 Å². The number of benzene rings is 1. The first-order chi connectivity index (χ1) is 13.7. The second-order valence-corrected chi connectivity index (χ2v) is 9.31. The van der Waals surface area contributed by atoms with Crippen molar-refractivity contribution in [2.45, 2.75) is 66.4 Å². The van der Waals surface area contributed by atoms with Crippen LogP contribution in [-0.4, -0.2) is 29.6 Å². The number of piperidine rings is 1. The molecule has 0 bridgehead atoms. The molecule has 1 saturated heterocycles. The highest BCUT2D eigenvalue weighted by Gasteiger charge is 2.26. The molecule has 0 spiro atoms. The summed E-state index contributed by atoms with van der Waals surface area (Å²) in [6.07, 6.45) is 5.17. The fourth-order valence-corrected chi connectivity index (χ4v) is 4.38. The number of anilines is 1. The molecular weight excluding hydrogens is 360 g/mol. The fraction of sp³-hybridized carbons (Fsp3) is 0.520. The van der Waals surface area contributed by atoms with E-state index in [-0.39, 0.29) is 5.97 Å². The van der Waals surface area contributed by atoms with Crippen molar-refractivity contribution in [1.82, 2.24) is 4.98 Å². The van der Waals surface area contributed by atoms with E-state index >= 15 is 0 Å². The van der Waals surface area contributed by atoms with Gasteiger partial charge in [0.05, 0.1) is 5.56 Å². The number of ether oxygens (including phenoxy) is 1. The lowest BCUT2D eigenvalue weighted by atomic mass is 9.84. The van der Waals surface area contributed by atoms with E-state index < -0.39 is 5.60 Å². The van der Waals surface area contributed by atoms with Crippen LogP contribution in [0.15, 0.2) is 30.5 Å². The quantitative estimate of drug-likeness (QED) is 0.649. The summed E-state index contributed by atoms with van der Waals surface area (Å²) in [5.41, 5.74) is 4.93. The van der Waals surface area contributed by atoms with Crippen LogP contribution in [0, 0.1) is 26.7 Å². The smallest absolute Gasteiger partial charge is 0.339 e. The Bertz CT molecular complexity index is 861. The van der Waals surface area contributed by atoms with Crippen molar-refractivity contribution >= 4 is 11.8 Å². The first-order valence-electron chi connectivity index (χ1n) is 10.6. The molecule has 4 heteroatoms. The van der Waals surface area contributed by atoms with Gasteiger partial charge in [0.2, 0.25) is 0 Å². The van der Waals surface area contributed by atoms with E-state index in [2.05, 4.69) is 35.9 Å². The maximum Gasteiger partial charge on any atom is 0.339 e. The average molecular weight is 395 g/mol. The second-order valence-electron chi connectivity index (χ2n) is 9.31. The molecule has 3 rings (SSSR count). The van der Waals surface area contributed by atoms with E-state index in [9.17, 15) is 4.79 Å². The van der Waals surface area contributed by atoms with Crippen molar-refractivity contribution in [3.63, 3.8) is 0 Å². The number of carbonyl (C=O) groups is 1. The lowest BCUT2D eigenvalue weighted by molar-refractivity contribution is 0.00678. The van der Waals surface area contributed by atoms with Gasteiger partial charge >= 0.3 is 5.97 Å². The van der Waals surface area contributed by atoms with Crippen molar-refractivity contribution < 1.29 is 9.53 Å². The molecule has 1 fully saturated rings. The van der Waals surface area contributed by atoms with Gasteiger partial charge in [-0.25, -0.2) is 9.78 Å². The second kappa shape index (κ2) is 8.56. The summed E-state index contributed by atoms with van der Waals surface area (Å²) >= 11 is 0. The van der Waals surface area contributed by atoms with Crippen LogP contribution in [0.3, 0.4) is 0 Å². The number of hydrogen-bond donors (Lipinski definition) is 0. The summed E-state index contributed by atoms with van der Waals surface area (Å²) < 4.78 is 5.68. The minimum Gasteiger partial charge on any atom is -0.456 e. The molecular formula is C25H34N2O2. The monoisotopic (exact) mass is 394 g/mol. The third-order valence-electron chi connectivity index (χ3n) is 5.81. The van der Waals surface area contributed by atoms with Crippen LogP contribution >= 0.6 is 0 Å². The minimum absolute atomic E-state index is 0.210. The molecule has 1 aromatic heterocycles. The molecule has 1 aliphatic rings. The number of aromatic nitrogens is 1.